The minimum absolute atomic E-state index is 0.0133. The van der Waals surface area contributed by atoms with Gasteiger partial charge < -0.3 is 25.4 Å². The van der Waals surface area contributed by atoms with Crippen LogP contribution in [0.15, 0.2) is 66.7 Å². The number of hydrogen-bond donors (Lipinski definition) is 3. The minimum atomic E-state index is -0.698. The lowest BCUT2D eigenvalue weighted by molar-refractivity contribution is 0.0974. The monoisotopic (exact) mass is 467 g/mol. The molecule has 1 aliphatic carbocycles. The summed E-state index contributed by atoms with van der Waals surface area (Å²) in [7, 11) is 0. The van der Waals surface area contributed by atoms with Crippen LogP contribution in [0.3, 0.4) is 0 Å². The molecule has 0 heterocycles. The predicted octanol–water partition coefficient (Wildman–Crippen LogP) is 5.66. The van der Waals surface area contributed by atoms with E-state index in [0.29, 0.717) is 11.5 Å². The molecule has 0 unspecified atom stereocenters. The van der Waals surface area contributed by atoms with E-state index in [1.807, 2.05) is 38.1 Å². The zero-order chi connectivity index (χ0) is 24.9. The fourth-order valence-electron chi connectivity index (χ4n) is 4.01. The molecule has 0 spiro atoms. The first-order valence-corrected chi connectivity index (χ1v) is 10.8. The number of hydrogen-bond acceptors (Lipinski definition) is 7. The van der Waals surface area contributed by atoms with Crippen LogP contribution in [0.25, 0.3) is 0 Å². The fourth-order valence-corrected chi connectivity index (χ4v) is 4.01. The second-order valence-electron chi connectivity index (χ2n) is 8.39. The van der Waals surface area contributed by atoms with Crippen molar-refractivity contribution in [3.05, 3.63) is 100 Å². The van der Waals surface area contributed by atoms with Gasteiger partial charge in [-0.15, -0.1) is 0 Å². The van der Waals surface area contributed by atoms with E-state index in [1.54, 1.807) is 24.3 Å². The highest BCUT2D eigenvalue weighted by Gasteiger charge is 2.38. The van der Waals surface area contributed by atoms with Gasteiger partial charge in [0.25, 0.3) is 0 Å². The van der Waals surface area contributed by atoms with E-state index in [-0.39, 0.29) is 39.4 Å². The number of nitrogen functional groups attached to an aromatic ring is 1. The number of anilines is 1. The number of nitrogens with two attached hydrogens (primary N) is 1. The maximum absolute atomic E-state index is 13.4. The summed E-state index contributed by atoms with van der Waals surface area (Å²) in [6.45, 7) is 3.85. The van der Waals surface area contributed by atoms with Gasteiger partial charge in [-0.1, -0.05) is 35.4 Å². The quantitative estimate of drug-likeness (QED) is 0.231. The summed E-state index contributed by atoms with van der Waals surface area (Å²) in [4.78, 5) is 26.8. The Hall–Kier alpha value is -4.78. The molecule has 0 radical (unpaired) electrons. The Balaban J connectivity index is 1.57. The van der Waals surface area contributed by atoms with Crippen LogP contribution >= 0.6 is 0 Å². The standard InChI is InChI=1S/C28H21NO6/c1-14-3-7-16(8-4-14)34-20-12-11-18-22(26(20)31)28(33)23-19(29)13-21(27(32)24(23)25(18)30)35-17-9-5-15(2)6-10-17/h3-13,31-32H,29H2,1-2H3. The van der Waals surface area contributed by atoms with Crippen LogP contribution in [0, 0.1) is 13.8 Å². The summed E-state index contributed by atoms with van der Waals surface area (Å²) in [6.07, 6.45) is 0. The summed E-state index contributed by atoms with van der Waals surface area (Å²) >= 11 is 0. The van der Waals surface area contributed by atoms with Crippen LogP contribution in [0.4, 0.5) is 5.69 Å². The third-order valence-corrected chi connectivity index (χ3v) is 5.86. The highest BCUT2D eigenvalue weighted by atomic mass is 16.5. The van der Waals surface area contributed by atoms with E-state index in [2.05, 4.69) is 0 Å². The van der Waals surface area contributed by atoms with Crippen molar-refractivity contribution in [3.63, 3.8) is 0 Å². The first-order valence-electron chi connectivity index (χ1n) is 10.8. The van der Waals surface area contributed by atoms with Gasteiger partial charge in [-0.3, -0.25) is 9.59 Å². The third-order valence-electron chi connectivity index (χ3n) is 5.86. The van der Waals surface area contributed by atoms with Gasteiger partial charge in [0.15, 0.2) is 28.8 Å². The largest absolute Gasteiger partial charge is 0.504 e. The number of rotatable bonds is 4. The van der Waals surface area contributed by atoms with Crippen LogP contribution in [0.2, 0.25) is 0 Å². The lowest BCUT2D eigenvalue weighted by Crippen LogP contribution is -2.23. The van der Waals surface area contributed by atoms with Crippen molar-refractivity contribution < 1.29 is 29.3 Å². The lowest BCUT2D eigenvalue weighted by Gasteiger charge is -2.23. The van der Waals surface area contributed by atoms with Crippen molar-refractivity contribution >= 4 is 17.3 Å². The fraction of sp³-hybridized carbons (Fsp3) is 0.0714. The number of phenolic OH excluding ortho intramolecular Hbond substituents is 2. The van der Waals surface area contributed by atoms with E-state index < -0.39 is 23.1 Å². The van der Waals surface area contributed by atoms with E-state index in [9.17, 15) is 19.8 Å². The molecule has 0 bridgehead atoms. The van der Waals surface area contributed by atoms with Gasteiger partial charge in [0, 0.05) is 17.3 Å². The molecule has 4 aromatic carbocycles. The number of ketones is 2. The molecule has 0 fully saturated rings. The maximum atomic E-state index is 13.4. The first kappa shape index (κ1) is 22.0. The van der Waals surface area contributed by atoms with Gasteiger partial charge in [0.2, 0.25) is 5.78 Å². The van der Waals surface area contributed by atoms with E-state index >= 15 is 0 Å². The van der Waals surface area contributed by atoms with Gasteiger partial charge >= 0.3 is 0 Å². The van der Waals surface area contributed by atoms with Crippen LogP contribution < -0.4 is 15.2 Å². The Kier molecular flexibility index (Phi) is 5.17. The molecular formula is C28H21NO6. The zero-order valence-electron chi connectivity index (χ0n) is 19.0. The number of ether oxygens (including phenoxy) is 2. The molecule has 0 saturated carbocycles. The molecule has 7 heteroatoms. The second-order valence-corrected chi connectivity index (χ2v) is 8.39. The Bertz CT molecular complexity index is 1500. The highest BCUT2D eigenvalue weighted by Crippen LogP contribution is 2.47. The zero-order valence-corrected chi connectivity index (χ0v) is 19.0. The summed E-state index contributed by atoms with van der Waals surface area (Å²) in [5.74, 6) is -1.50. The van der Waals surface area contributed by atoms with Crippen molar-refractivity contribution in [3.8, 4) is 34.5 Å². The normalized spacial score (nSPS) is 12.2. The number of phenols is 2. The van der Waals surface area contributed by atoms with Crippen LogP contribution in [-0.2, 0) is 0 Å². The Morgan fingerprint density at radius 2 is 1.14 bits per heavy atom. The number of benzene rings is 4. The molecule has 0 saturated heterocycles. The second kappa shape index (κ2) is 8.22. The molecule has 0 aromatic heterocycles. The molecule has 35 heavy (non-hydrogen) atoms. The minimum Gasteiger partial charge on any atom is -0.504 e. The number of carbonyl (C=O) groups excluding carboxylic acids is 2. The average molecular weight is 467 g/mol. The Labute approximate surface area is 201 Å². The molecule has 0 atom stereocenters. The van der Waals surface area contributed by atoms with Crippen molar-refractivity contribution in [2.24, 2.45) is 0 Å². The molecular weight excluding hydrogens is 446 g/mol. The summed E-state index contributed by atoms with van der Waals surface area (Å²) in [6, 6.07) is 18.3. The number of carbonyl (C=O) groups is 2. The smallest absolute Gasteiger partial charge is 0.200 e. The third kappa shape index (κ3) is 3.73. The Morgan fingerprint density at radius 3 is 1.71 bits per heavy atom. The predicted molar refractivity (Wildman–Crippen MR) is 130 cm³/mol. The molecule has 174 valence electrons. The SMILES string of the molecule is Cc1ccc(Oc2ccc3c(c2O)C(=O)c2c(N)cc(Oc4ccc(C)cc4)c(O)c2C3=O)cc1. The summed E-state index contributed by atoms with van der Waals surface area (Å²) < 4.78 is 11.5. The molecule has 5 rings (SSSR count). The number of aryl methyl sites for hydroxylation is 2. The molecule has 1 aliphatic rings. The summed E-state index contributed by atoms with van der Waals surface area (Å²) in [5.41, 5.74) is 7.38. The van der Waals surface area contributed by atoms with Gasteiger partial charge in [0.05, 0.1) is 16.7 Å². The molecule has 0 amide bonds. The van der Waals surface area contributed by atoms with E-state index in [1.165, 1.54) is 18.2 Å². The number of fused-ring (bicyclic) bond motifs is 2. The van der Waals surface area contributed by atoms with Gasteiger partial charge in [-0.25, -0.2) is 0 Å². The Morgan fingerprint density at radius 1 is 0.629 bits per heavy atom. The van der Waals surface area contributed by atoms with Crippen LogP contribution in [-0.4, -0.2) is 21.8 Å². The van der Waals surface area contributed by atoms with Crippen LogP contribution in [0.1, 0.15) is 43.0 Å². The van der Waals surface area contributed by atoms with Crippen molar-refractivity contribution in [2.75, 3.05) is 5.73 Å². The van der Waals surface area contributed by atoms with Gasteiger partial charge in [-0.2, -0.15) is 0 Å². The molecule has 4 aromatic rings. The molecule has 4 N–H and O–H groups in total. The van der Waals surface area contributed by atoms with Crippen molar-refractivity contribution in [1.29, 1.82) is 0 Å². The summed E-state index contributed by atoms with van der Waals surface area (Å²) in [5, 5.41) is 21.8. The topological polar surface area (TPSA) is 119 Å². The number of aromatic hydroxyl groups is 2. The van der Waals surface area contributed by atoms with Crippen LogP contribution in [0.5, 0.6) is 34.5 Å². The molecule has 0 aliphatic heterocycles. The van der Waals surface area contributed by atoms with Gasteiger partial charge in [-0.05, 0) is 50.2 Å². The molecule has 7 nitrogen and oxygen atoms in total. The first-order chi connectivity index (χ1) is 16.7. The van der Waals surface area contributed by atoms with Gasteiger partial charge in [0.1, 0.15) is 11.5 Å². The van der Waals surface area contributed by atoms with Crippen molar-refractivity contribution in [1.82, 2.24) is 0 Å². The van der Waals surface area contributed by atoms with E-state index in [0.717, 1.165) is 11.1 Å². The van der Waals surface area contributed by atoms with Crippen molar-refractivity contribution in [2.45, 2.75) is 13.8 Å². The average Bonchev–Trinajstić information content (AvgIpc) is 2.83. The maximum Gasteiger partial charge on any atom is 0.200 e. The highest BCUT2D eigenvalue weighted by molar-refractivity contribution is 6.32. The van der Waals surface area contributed by atoms with E-state index in [4.69, 9.17) is 15.2 Å². The lowest BCUT2D eigenvalue weighted by atomic mass is 9.82.